The molecule has 0 saturated carbocycles. The molecular formula is C13H16O5. The zero-order chi connectivity index (χ0) is 13.1. The van der Waals surface area contributed by atoms with Crippen LogP contribution in [-0.4, -0.2) is 39.6 Å². The molecule has 1 aromatic rings. The van der Waals surface area contributed by atoms with Crippen LogP contribution < -0.4 is 0 Å². The van der Waals surface area contributed by atoms with Crippen molar-refractivity contribution in [3.8, 4) is 0 Å². The van der Waals surface area contributed by atoms with Gasteiger partial charge in [0, 0.05) is 6.42 Å². The Kier molecular flexibility index (Phi) is 3.96. The lowest BCUT2D eigenvalue weighted by atomic mass is 10.0. The Morgan fingerprint density at radius 2 is 1.83 bits per heavy atom. The lowest BCUT2D eigenvalue weighted by Crippen LogP contribution is -2.30. The van der Waals surface area contributed by atoms with Crippen LogP contribution in [0.5, 0.6) is 0 Å². The molecule has 1 aromatic carbocycles. The number of aliphatic carboxylic acids is 1. The van der Waals surface area contributed by atoms with Gasteiger partial charge in [-0.25, -0.2) is 0 Å². The van der Waals surface area contributed by atoms with Gasteiger partial charge in [-0.05, 0) is 12.0 Å². The first-order valence-corrected chi connectivity index (χ1v) is 5.88. The fourth-order valence-corrected chi connectivity index (χ4v) is 2.17. The molecule has 0 bridgehead atoms. The Balaban J connectivity index is 2.05. The molecule has 1 saturated heterocycles. The lowest BCUT2D eigenvalue weighted by Gasteiger charge is -2.14. The highest BCUT2D eigenvalue weighted by Crippen LogP contribution is 2.35. The van der Waals surface area contributed by atoms with Crippen molar-refractivity contribution in [3.05, 3.63) is 35.9 Å². The maximum Gasteiger partial charge on any atom is 0.303 e. The minimum Gasteiger partial charge on any atom is -0.481 e. The van der Waals surface area contributed by atoms with E-state index in [2.05, 4.69) is 0 Å². The van der Waals surface area contributed by atoms with Crippen molar-refractivity contribution in [2.24, 2.45) is 0 Å². The summed E-state index contributed by atoms with van der Waals surface area (Å²) in [5, 5.41) is 28.4. The van der Waals surface area contributed by atoms with Crippen LogP contribution in [0.4, 0.5) is 0 Å². The number of carboxylic acid groups (broad SMARTS) is 1. The van der Waals surface area contributed by atoms with Crippen LogP contribution in [0.1, 0.15) is 24.5 Å². The maximum absolute atomic E-state index is 10.5. The van der Waals surface area contributed by atoms with E-state index in [9.17, 15) is 15.0 Å². The van der Waals surface area contributed by atoms with Gasteiger partial charge in [-0.1, -0.05) is 30.3 Å². The second kappa shape index (κ2) is 5.48. The summed E-state index contributed by atoms with van der Waals surface area (Å²) in [6.07, 6.45) is -3.20. The van der Waals surface area contributed by atoms with Gasteiger partial charge in [0.2, 0.25) is 0 Å². The number of carbonyl (C=O) groups is 1. The zero-order valence-electron chi connectivity index (χ0n) is 9.77. The summed E-state index contributed by atoms with van der Waals surface area (Å²) in [4.78, 5) is 10.5. The van der Waals surface area contributed by atoms with Crippen LogP contribution in [0.15, 0.2) is 30.3 Å². The highest BCUT2D eigenvalue weighted by Gasteiger charge is 2.42. The largest absolute Gasteiger partial charge is 0.481 e. The van der Waals surface area contributed by atoms with E-state index in [0.717, 1.165) is 5.56 Å². The van der Waals surface area contributed by atoms with E-state index >= 15 is 0 Å². The molecule has 0 aromatic heterocycles. The van der Waals surface area contributed by atoms with Gasteiger partial charge in [0.25, 0.3) is 0 Å². The Hall–Kier alpha value is -1.43. The quantitative estimate of drug-likeness (QED) is 0.734. The van der Waals surface area contributed by atoms with E-state index in [1.807, 2.05) is 18.2 Å². The Morgan fingerprint density at radius 3 is 2.44 bits per heavy atom. The number of aliphatic hydroxyl groups is 2. The van der Waals surface area contributed by atoms with Crippen molar-refractivity contribution < 1.29 is 24.9 Å². The first-order chi connectivity index (χ1) is 8.59. The third-order valence-electron chi connectivity index (χ3n) is 3.13. The van der Waals surface area contributed by atoms with Gasteiger partial charge < -0.3 is 20.1 Å². The minimum absolute atomic E-state index is 0.0873. The molecule has 4 atom stereocenters. The molecular weight excluding hydrogens is 236 g/mol. The first kappa shape index (κ1) is 13.0. The number of rotatable bonds is 4. The third kappa shape index (κ3) is 2.69. The van der Waals surface area contributed by atoms with Crippen LogP contribution in [0.2, 0.25) is 0 Å². The van der Waals surface area contributed by atoms with Crippen LogP contribution in [0.3, 0.4) is 0 Å². The van der Waals surface area contributed by atoms with Gasteiger partial charge in [0.05, 0.1) is 6.10 Å². The summed E-state index contributed by atoms with van der Waals surface area (Å²) in [5.41, 5.74) is 0.780. The normalized spacial score (nSPS) is 31.4. The summed E-state index contributed by atoms with van der Waals surface area (Å²) in [6.45, 7) is 0. The molecule has 0 spiro atoms. The fourth-order valence-electron chi connectivity index (χ4n) is 2.17. The molecule has 0 aliphatic carbocycles. The molecule has 1 fully saturated rings. The molecule has 1 aliphatic rings. The molecule has 0 amide bonds. The molecule has 5 heteroatoms. The highest BCUT2D eigenvalue weighted by atomic mass is 16.5. The Morgan fingerprint density at radius 1 is 1.17 bits per heavy atom. The van der Waals surface area contributed by atoms with Crippen molar-refractivity contribution in [1.82, 2.24) is 0 Å². The number of carboxylic acids is 1. The molecule has 0 radical (unpaired) electrons. The average Bonchev–Trinajstić information content (AvgIpc) is 2.65. The summed E-state index contributed by atoms with van der Waals surface area (Å²) < 4.78 is 5.56. The van der Waals surface area contributed by atoms with Crippen LogP contribution >= 0.6 is 0 Å². The first-order valence-electron chi connectivity index (χ1n) is 5.88. The van der Waals surface area contributed by atoms with E-state index < -0.39 is 30.4 Å². The van der Waals surface area contributed by atoms with Crippen molar-refractivity contribution in [2.75, 3.05) is 0 Å². The number of ether oxygens (including phenoxy) is 1. The summed E-state index contributed by atoms with van der Waals surface area (Å²) in [7, 11) is 0. The maximum atomic E-state index is 10.5. The second-order valence-electron chi connectivity index (χ2n) is 4.42. The smallest absolute Gasteiger partial charge is 0.303 e. The molecule has 3 N–H and O–H groups in total. The van der Waals surface area contributed by atoms with Crippen molar-refractivity contribution in [2.45, 2.75) is 37.3 Å². The monoisotopic (exact) mass is 252 g/mol. The standard InChI is InChI=1S/C13H16O5/c14-10(15)7-6-9-11(16)12(17)13(18-9)8-4-2-1-3-5-8/h1-5,9,11-13,16-17H,6-7H2,(H,14,15)/t9-,11+,12-,13+/m0/s1. The van der Waals surface area contributed by atoms with Crippen molar-refractivity contribution in [3.63, 3.8) is 0 Å². The van der Waals surface area contributed by atoms with Crippen LogP contribution in [-0.2, 0) is 9.53 Å². The molecule has 98 valence electrons. The van der Waals surface area contributed by atoms with E-state index in [1.165, 1.54) is 0 Å². The van der Waals surface area contributed by atoms with Gasteiger partial charge >= 0.3 is 5.97 Å². The second-order valence-corrected chi connectivity index (χ2v) is 4.42. The Labute approximate surface area is 105 Å². The van der Waals surface area contributed by atoms with E-state index in [-0.39, 0.29) is 12.8 Å². The molecule has 1 aliphatic heterocycles. The van der Waals surface area contributed by atoms with Gasteiger partial charge in [0.1, 0.15) is 18.3 Å². The molecule has 1 heterocycles. The summed E-state index contributed by atoms with van der Waals surface area (Å²) in [5.74, 6) is -0.941. The average molecular weight is 252 g/mol. The summed E-state index contributed by atoms with van der Waals surface area (Å²) >= 11 is 0. The third-order valence-corrected chi connectivity index (χ3v) is 3.13. The molecule has 5 nitrogen and oxygen atoms in total. The number of aliphatic hydroxyl groups excluding tert-OH is 2. The topological polar surface area (TPSA) is 87.0 Å². The molecule has 2 rings (SSSR count). The van der Waals surface area contributed by atoms with Crippen LogP contribution in [0, 0.1) is 0 Å². The van der Waals surface area contributed by atoms with E-state index in [1.54, 1.807) is 12.1 Å². The number of hydrogen-bond donors (Lipinski definition) is 3. The minimum atomic E-state index is -1.05. The van der Waals surface area contributed by atoms with Gasteiger partial charge in [-0.2, -0.15) is 0 Å². The number of benzene rings is 1. The number of hydrogen-bond acceptors (Lipinski definition) is 4. The highest BCUT2D eigenvalue weighted by molar-refractivity contribution is 5.66. The van der Waals surface area contributed by atoms with Crippen molar-refractivity contribution in [1.29, 1.82) is 0 Å². The molecule has 0 unspecified atom stereocenters. The van der Waals surface area contributed by atoms with E-state index in [4.69, 9.17) is 9.84 Å². The zero-order valence-corrected chi connectivity index (χ0v) is 9.77. The summed E-state index contributed by atoms with van der Waals surface area (Å²) in [6, 6.07) is 9.11. The lowest BCUT2D eigenvalue weighted by molar-refractivity contribution is -0.138. The SMILES string of the molecule is O=C(O)CC[C@@H]1O[C@H](c2ccccc2)[C@@H](O)[C@@H]1O. The van der Waals surface area contributed by atoms with E-state index in [0.29, 0.717) is 0 Å². The van der Waals surface area contributed by atoms with Crippen LogP contribution in [0.25, 0.3) is 0 Å². The predicted molar refractivity (Wildman–Crippen MR) is 62.9 cm³/mol. The molecule has 18 heavy (non-hydrogen) atoms. The van der Waals surface area contributed by atoms with Gasteiger partial charge in [0.15, 0.2) is 0 Å². The predicted octanol–water partition coefficient (Wildman–Crippen LogP) is 0.713. The van der Waals surface area contributed by atoms with Gasteiger partial charge in [-0.3, -0.25) is 4.79 Å². The van der Waals surface area contributed by atoms with Crippen molar-refractivity contribution >= 4 is 5.97 Å². The van der Waals surface area contributed by atoms with Gasteiger partial charge in [-0.15, -0.1) is 0 Å². The Bertz CT molecular complexity index is 405. The fraction of sp³-hybridized carbons (Fsp3) is 0.462.